The number of rotatable bonds is 8. The molecule has 0 bridgehead atoms. The van der Waals surface area contributed by atoms with Crippen LogP contribution in [0.2, 0.25) is 0 Å². The highest BCUT2D eigenvalue weighted by atomic mass is 16.5. The average molecular weight is 419 g/mol. The Morgan fingerprint density at radius 1 is 0.742 bits per heavy atom. The Morgan fingerprint density at radius 3 is 1.90 bits per heavy atom. The topological polar surface area (TPSA) is 88.7 Å². The Bertz CT molecular complexity index is 1050. The molecule has 2 amide bonds. The summed E-state index contributed by atoms with van der Waals surface area (Å²) in [6.45, 7) is 1.76. The van der Waals surface area contributed by atoms with Crippen molar-refractivity contribution in [3.05, 3.63) is 78.4 Å². The molecule has 0 saturated carbocycles. The van der Waals surface area contributed by atoms with Crippen molar-refractivity contribution in [3.8, 4) is 11.5 Å². The standard InChI is InChI=1S/C24H25N3O4/c1-16(25-19-8-4-6-10-21(19)30-2)23(28)26-18-14-12-17(13-15-18)24(29)27-20-9-5-7-11-22(20)31-3/h4-16,25H,1-3H3,(H,26,28)(H,27,29). The maximum Gasteiger partial charge on any atom is 0.255 e. The molecule has 3 aromatic carbocycles. The number of nitrogens with one attached hydrogen (secondary N) is 3. The van der Waals surface area contributed by atoms with E-state index in [2.05, 4.69) is 16.0 Å². The summed E-state index contributed by atoms with van der Waals surface area (Å²) in [7, 11) is 3.13. The van der Waals surface area contributed by atoms with Gasteiger partial charge in [-0.3, -0.25) is 9.59 Å². The van der Waals surface area contributed by atoms with Gasteiger partial charge in [-0.2, -0.15) is 0 Å². The van der Waals surface area contributed by atoms with E-state index in [4.69, 9.17) is 9.47 Å². The number of benzene rings is 3. The lowest BCUT2D eigenvalue weighted by Crippen LogP contribution is -2.32. The normalized spacial score (nSPS) is 11.2. The Labute approximate surface area is 181 Å². The predicted molar refractivity (Wildman–Crippen MR) is 122 cm³/mol. The summed E-state index contributed by atoms with van der Waals surface area (Å²) in [5.74, 6) is 0.759. The monoisotopic (exact) mass is 419 g/mol. The molecule has 31 heavy (non-hydrogen) atoms. The summed E-state index contributed by atoms with van der Waals surface area (Å²) < 4.78 is 10.5. The number of ether oxygens (including phenoxy) is 2. The molecule has 7 nitrogen and oxygen atoms in total. The van der Waals surface area contributed by atoms with Crippen LogP contribution in [0.5, 0.6) is 11.5 Å². The van der Waals surface area contributed by atoms with Crippen LogP contribution in [0.4, 0.5) is 17.1 Å². The minimum atomic E-state index is -0.496. The molecular formula is C24H25N3O4. The van der Waals surface area contributed by atoms with Crippen LogP contribution >= 0.6 is 0 Å². The largest absolute Gasteiger partial charge is 0.495 e. The predicted octanol–water partition coefficient (Wildman–Crippen LogP) is 4.40. The fourth-order valence-electron chi connectivity index (χ4n) is 2.96. The molecule has 0 saturated heterocycles. The molecule has 0 aliphatic heterocycles. The number of carbonyl (C=O) groups excluding carboxylic acids is 2. The van der Waals surface area contributed by atoms with Gasteiger partial charge in [-0.05, 0) is 55.5 Å². The average Bonchev–Trinajstić information content (AvgIpc) is 2.80. The van der Waals surface area contributed by atoms with Crippen molar-refractivity contribution in [1.29, 1.82) is 0 Å². The highest BCUT2D eigenvalue weighted by Crippen LogP contribution is 2.25. The van der Waals surface area contributed by atoms with Crippen LogP contribution in [0.3, 0.4) is 0 Å². The molecule has 7 heteroatoms. The molecule has 0 radical (unpaired) electrons. The molecule has 160 valence electrons. The number of carbonyl (C=O) groups is 2. The lowest BCUT2D eigenvalue weighted by Gasteiger charge is -2.17. The molecule has 3 N–H and O–H groups in total. The minimum Gasteiger partial charge on any atom is -0.495 e. The number of amides is 2. The van der Waals surface area contributed by atoms with Gasteiger partial charge in [-0.1, -0.05) is 24.3 Å². The number of methoxy groups -OCH3 is 2. The van der Waals surface area contributed by atoms with Gasteiger partial charge < -0.3 is 25.4 Å². The Balaban J connectivity index is 1.60. The molecule has 0 aliphatic carbocycles. The third-order valence-electron chi connectivity index (χ3n) is 4.64. The first-order valence-corrected chi connectivity index (χ1v) is 9.76. The second kappa shape index (κ2) is 10.2. The molecule has 0 spiro atoms. The van der Waals surface area contributed by atoms with Crippen LogP contribution in [0.1, 0.15) is 17.3 Å². The van der Waals surface area contributed by atoms with E-state index in [1.807, 2.05) is 36.4 Å². The van der Waals surface area contributed by atoms with E-state index >= 15 is 0 Å². The highest BCUT2D eigenvalue weighted by molar-refractivity contribution is 6.05. The minimum absolute atomic E-state index is 0.211. The van der Waals surface area contributed by atoms with Crippen LogP contribution in [-0.2, 0) is 4.79 Å². The number of hydrogen-bond acceptors (Lipinski definition) is 5. The van der Waals surface area contributed by atoms with Crippen LogP contribution in [-0.4, -0.2) is 32.1 Å². The summed E-state index contributed by atoms with van der Waals surface area (Å²) >= 11 is 0. The number of hydrogen-bond donors (Lipinski definition) is 3. The SMILES string of the molecule is COc1ccccc1NC(=O)c1ccc(NC(=O)C(C)Nc2ccccc2OC)cc1. The summed E-state index contributed by atoms with van der Waals surface area (Å²) in [6.07, 6.45) is 0. The van der Waals surface area contributed by atoms with Gasteiger partial charge in [0.05, 0.1) is 25.6 Å². The van der Waals surface area contributed by atoms with Crippen molar-refractivity contribution in [2.45, 2.75) is 13.0 Å². The lowest BCUT2D eigenvalue weighted by atomic mass is 10.1. The molecule has 1 atom stereocenters. The van der Waals surface area contributed by atoms with E-state index in [9.17, 15) is 9.59 Å². The third kappa shape index (κ3) is 5.54. The molecule has 3 rings (SSSR count). The van der Waals surface area contributed by atoms with Crippen LogP contribution < -0.4 is 25.4 Å². The molecular weight excluding hydrogens is 394 g/mol. The zero-order chi connectivity index (χ0) is 22.2. The maximum absolute atomic E-state index is 12.5. The molecule has 0 heterocycles. The first-order valence-electron chi connectivity index (χ1n) is 9.76. The molecule has 1 unspecified atom stereocenters. The van der Waals surface area contributed by atoms with E-state index in [0.717, 1.165) is 5.69 Å². The summed E-state index contributed by atoms with van der Waals surface area (Å²) in [4.78, 5) is 25.1. The quantitative estimate of drug-likeness (QED) is 0.504. The van der Waals surface area contributed by atoms with Gasteiger partial charge in [0.1, 0.15) is 17.5 Å². The first-order chi connectivity index (χ1) is 15.0. The van der Waals surface area contributed by atoms with E-state index in [1.54, 1.807) is 57.5 Å². The number of para-hydroxylation sites is 4. The Hall–Kier alpha value is -4.00. The maximum atomic E-state index is 12.5. The third-order valence-corrected chi connectivity index (χ3v) is 4.64. The van der Waals surface area contributed by atoms with Gasteiger partial charge in [-0.25, -0.2) is 0 Å². The van der Waals surface area contributed by atoms with Crippen molar-refractivity contribution < 1.29 is 19.1 Å². The second-order valence-corrected chi connectivity index (χ2v) is 6.79. The second-order valence-electron chi connectivity index (χ2n) is 6.79. The van der Waals surface area contributed by atoms with Crippen molar-refractivity contribution in [2.24, 2.45) is 0 Å². The molecule has 3 aromatic rings. The number of anilines is 3. The lowest BCUT2D eigenvalue weighted by molar-refractivity contribution is -0.116. The first kappa shape index (κ1) is 21.7. The van der Waals surface area contributed by atoms with Crippen LogP contribution in [0.25, 0.3) is 0 Å². The van der Waals surface area contributed by atoms with E-state index in [-0.39, 0.29) is 11.8 Å². The van der Waals surface area contributed by atoms with Gasteiger partial charge >= 0.3 is 0 Å². The molecule has 0 fully saturated rings. The smallest absolute Gasteiger partial charge is 0.255 e. The fourth-order valence-corrected chi connectivity index (χ4v) is 2.96. The van der Waals surface area contributed by atoms with E-state index < -0.39 is 6.04 Å². The molecule has 0 aromatic heterocycles. The van der Waals surface area contributed by atoms with Gasteiger partial charge in [-0.15, -0.1) is 0 Å². The van der Waals surface area contributed by atoms with Gasteiger partial charge in [0.2, 0.25) is 5.91 Å². The van der Waals surface area contributed by atoms with Crippen LogP contribution in [0, 0.1) is 0 Å². The van der Waals surface area contributed by atoms with Crippen molar-refractivity contribution in [1.82, 2.24) is 0 Å². The van der Waals surface area contributed by atoms with Crippen molar-refractivity contribution in [2.75, 3.05) is 30.2 Å². The fraction of sp³-hybridized carbons (Fsp3) is 0.167. The summed E-state index contributed by atoms with van der Waals surface area (Å²) in [5, 5.41) is 8.80. The Kier molecular flexibility index (Phi) is 7.11. The van der Waals surface area contributed by atoms with Crippen molar-refractivity contribution in [3.63, 3.8) is 0 Å². The molecule has 0 aliphatic rings. The van der Waals surface area contributed by atoms with Gasteiger partial charge in [0.25, 0.3) is 5.91 Å². The highest BCUT2D eigenvalue weighted by Gasteiger charge is 2.15. The summed E-state index contributed by atoms with van der Waals surface area (Å²) in [5.41, 5.74) is 2.37. The van der Waals surface area contributed by atoms with Crippen molar-refractivity contribution >= 4 is 28.9 Å². The van der Waals surface area contributed by atoms with Gasteiger partial charge in [0, 0.05) is 11.3 Å². The van der Waals surface area contributed by atoms with E-state index in [1.165, 1.54) is 0 Å². The summed E-state index contributed by atoms with van der Waals surface area (Å²) in [6, 6.07) is 20.8. The zero-order valence-corrected chi connectivity index (χ0v) is 17.6. The zero-order valence-electron chi connectivity index (χ0n) is 17.6. The Morgan fingerprint density at radius 2 is 1.29 bits per heavy atom. The van der Waals surface area contributed by atoms with Crippen LogP contribution in [0.15, 0.2) is 72.8 Å². The van der Waals surface area contributed by atoms with E-state index in [0.29, 0.717) is 28.4 Å². The van der Waals surface area contributed by atoms with Gasteiger partial charge in [0.15, 0.2) is 0 Å².